The van der Waals surface area contributed by atoms with E-state index in [0.29, 0.717) is 35.2 Å². The lowest BCUT2D eigenvalue weighted by Crippen LogP contribution is -2.36. The number of ketones is 1. The molecular weight excluding hydrogens is 442 g/mol. The van der Waals surface area contributed by atoms with Crippen LogP contribution in [-0.2, 0) is 14.3 Å². The first-order valence-electron chi connectivity index (χ1n) is 12.3. The van der Waals surface area contributed by atoms with E-state index in [-0.39, 0.29) is 29.5 Å². The summed E-state index contributed by atoms with van der Waals surface area (Å²) in [6.07, 6.45) is 4.72. The van der Waals surface area contributed by atoms with Gasteiger partial charge in [-0.25, -0.2) is 4.79 Å². The van der Waals surface area contributed by atoms with Crippen molar-refractivity contribution in [3.63, 3.8) is 0 Å². The van der Waals surface area contributed by atoms with Crippen LogP contribution >= 0.6 is 0 Å². The summed E-state index contributed by atoms with van der Waals surface area (Å²) >= 11 is 0. The first kappa shape index (κ1) is 23.2. The average Bonchev–Trinajstić information content (AvgIpc) is 3.36. The Morgan fingerprint density at radius 1 is 1.06 bits per heavy atom. The van der Waals surface area contributed by atoms with Crippen molar-refractivity contribution in [2.24, 2.45) is 0 Å². The average molecular weight is 474 g/mol. The van der Waals surface area contributed by atoms with Crippen molar-refractivity contribution in [1.82, 2.24) is 5.32 Å². The fraction of sp³-hybridized carbons (Fsp3) is 0.379. The molecule has 2 aromatic rings. The van der Waals surface area contributed by atoms with Crippen molar-refractivity contribution in [3.8, 4) is 11.5 Å². The molecule has 1 saturated carbocycles. The van der Waals surface area contributed by atoms with Gasteiger partial charge < -0.3 is 19.9 Å². The molecule has 2 N–H and O–H groups in total. The molecule has 5 rings (SSSR count). The number of hydrogen-bond acceptors (Lipinski definition) is 6. The van der Waals surface area contributed by atoms with E-state index in [9.17, 15) is 14.7 Å². The van der Waals surface area contributed by atoms with E-state index in [0.717, 1.165) is 42.7 Å². The van der Waals surface area contributed by atoms with E-state index in [4.69, 9.17) is 9.47 Å². The molecule has 0 amide bonds. The molecule has 3 aliphatic rings. The fourth-order valence-corrected chi connectivity index (χ4v) is 5.79. The van der Waals surface area contributed by atoms with Gasteiger partial charge in [-0.05, 0) is 68.4 Å². The summed E-state index contributed by atoms with van der Waals surface area (Å²) in [6.45, 7) is 1.86. The molecule has 0 saturated heterocycles. The molecule has 0 unspecified atom stereocenters. The third-order valence-electron chi connectivity index (χ3n) is 7.41. The van der Waals surface area contributed by atoms with Crippen molar-refractivity contribution >= 4 is 11.8 Å². The standard InChI is InChI=1S/C29H31NO5/c1-17-26(29(33)35-21-10-3-4-11-21)27(18-8-7-9-20(31)14-18)28-23(30-17)15-19(16-24(28)32)22-12-5-6-13-25(22)34-2/h5-9,12-14,19,21,27,30-31H,3-4,10-11,15-16H2,1-2H3/t19-,27-/m1/s1. The molecule has 0 aromatic heterocycles. The minimum absolute atomic E-state index is 0.0123. The number of hydrogen-bond donors (Lipinski definition) is 2. The Kier molecular flexibility index (Phi) is 6.37. The number of carbonyl (C=O) groups is 2. The zero-order valence-corrected chi connectivity index (χ0v) is 20.2. The number of ether oxygens (including phenoxy) is 2. The molecule has 6 nitrogen and oxygen atoms in total. The van der Waals surface area contributed by atoms with Crippen molar-refractivity contribution < 1.29 is 24.2 Å². The Morgan fingerprint density at radius 3 is 2.57 bits per heavy atom. The van der Waals surface area contributed by atoms with E-state index < -0.39 is 5.92 Å². The topological polar surface area (TPSA) is 84.9 Å². The predicted molar refractivity (Wildman–Crippen MR) is 132 cm³/mol. The van der Waals surface area contributed by atoms with E-state index in [2.05, 4.69) is 5.32 Å². The molecule has 1 fully saturated rings. The third-order valence-corrected chi connectivity index (χ3v) is 7.41. The van der Waals surface area contributed by atoms with Crippen LogP contribution in [-0.4, -0.2) is 30.1 Å². The van der Waals surface area contributed by atoms with Crippen LogP contribution in [0.2, 0.25) is 0 Å². The lowest BCUT2D eigenvalue weighted by Gasteiger charge is -2.37. The number of Topliss-reactive ketones (excluding diaryl/α,β-unsaturated/α-hetero) is 1. The highest BCUT2D eigenvalue weighted by Crippen LogP contribution is 2.47. The zero-order valence-electron chi connectivity index (χ0n) is 20.2. The van der Waals surface area contributed by atoms with Gasteiger partial charge in [0.05, 0.1) is 12.7 Å². The van der Waals surface area contributed by atoms with E-state index in [1.54, 1.807) is 25.3 Å². The minimum atomic E-state index is -0.585. The number of rotatable bonds is 5. The van der Waals surface area contributed by atoms with Gasteiger partial charge in [0.15, 0.2) is 5.78 Å². The molecule has 182 valence electrons. The molecular formula is C29H31NO5. The first-order valence-corrected chi connectivity index (χ1v) is 12.3. The largest absolute Gasteiger partial charge is 0.508 e. The number of phenols is 1. The molecule has 0 radical (unpaired) electrons. The number of nitrogens with one attached hydrogen (secondary N) is 1. The second-order valence-corrected chi connectivity index (χ2v) is 9.67. The van der Waals surface area contributed by atoms with Gasteiger partial charge in [-0.2, -0.15) is 0 Å². The van der Waals surface area contributed by atoms with Crippen LogP contribution in [0, 0.1) is 0 Å². The number of allylic oxidation sites excluding steroid dienone is 3. The molecule has 2 atom stereocenters. The lowest BCUT2D eigenvalue weighted by molar-refractivity contribution is -0.144. The van der Waals surface area contributed by atoms with Gasteiger partial charge in [-0.3, -0.25) is 4.79 Å². The SMILES string of the molecule is COc1ccccc1[C@H]1CC(=O)C2=C(C1)NC(C)=C(C(=O)OC1CCCC1)[C@H]2c1cccc(O)c1. The Bertz CT molecular complexity index is 1220. The predicted octanol–water partition coefficient (Wildman–Crippen LogP) is 5.25. The second-order valence-electron chi connectivity index (χ2n) is 9.67. The van der Waals surface area contributed by atoms with Crippen LogP contribution in [0.4, 0.5) is 0 Å². The Balaban J connectivity index is 1.55. The van der Waals surface area contributed by atoms with Crippen molar-refractivity contribution in [3.05, 3.63) is 82.2 Å². The monoisotopic (exact) mass is 473 g/mol. The maximum Gasteiger partial charge on any atom is 0.337 e. The van der Waals surface area contributed by atoms with E-state index >= 15 is 0 Å². The second kappa shape index (κ2) is 9.61. The Labute approximate surface area is 205 Å². The molecule has 2 aliphatic carbocycles. The van der Waals surface area contributed by atoms with Gasteiger partial charge in [0.1, 0.15) is 17.6 Å². The number of methoxy groups -OCH3 is 1. The molecule has 1 aliphatic heterocycles. The normalized spacial score (nSPS) is 22.6. The highest BCUT2D eigenvalue weighted by atomic mass is 16.5. The Hall–Kier alpha value is -3.54. The van der Waals surface area contributed by atoms with Crippen molar-refractivity contribution in [2.75, 3.05) is 7.11 Å². The number of aromatic hydroxyl groups is 1. The number of dihydropyridines is 1. The summed E-state index contributed by atoms with van der Waals surface area (Å²) in [5, 5.41) is 13.6. The number of phenolic OH excluding ortho intramolecular Hbond substituents is 1. The van der Waals surface area contributed by atoms with Crippen LogP contribution in [0.5, 0.6) is 11.5 Å². The van der Waals surface area contributed by atoms with E-state index in [1.165, 1.54) is 0 Å². The molecule has 0 spiro atoms. The molecule has 1 heterocycles. The van der Waals surface area contributed by atoms with Gasteiger partial charge in [-0.1, -0.05) is 30.3 Å². The highest BCUT2D eigenvalue weighted by molar-refractivity contribution is 6.04. The van der Waals surface area contributed by atoms with Crippen LogP contribution in [0.25, 0.3) is 0 Å². The smallest absolute Gasteiger partial charge is 0.337 e. The molecule has 6 heteroatoms. The number of benzene rings is 2. The van der Waals surface area contributed by atoms with Gasteiger partial charge >= 0.3 is 5.97 Å². The summed E-state index contributed by atoms with van der Waals surface area (Å²) in [6, 6.07) is 14.6. The van der Waals surface area contributed by atoms with Crippen molar-refractivity contribution in [2.45, 2.75) is 63.4 Å². The highest BCUT2D eigenvalue weighted by Gasteiger charge is 2.42. The summed E-state index contributed by atoms with van der Waals surface area (Å²) < 4.78 is 11.4. The molecule has 35 heavy (non-hydrogen) atoms. The van der Waals surface area contributed by atoms with Gasteiger partial charge in [0.25, 0.3) is 0 Å². The Morgan fingerprint density at radius 2 is 1.83 bits per heavy atom. The van der Waals surface area contributed by atoms with Gasteiger partial charge in [0.2, 0.25) is 0 Å². The first-order chi connectivity index (χ1) is 17.0. The third kappa shape index (κ3) is 4.45. The quantitative estimate of drug-likeness (QED) is 0.577. The maximum absolute atomic E-state index is 13.7. The molecule has 0 bridgehead atoms. The van der Waals surface area contributed by atoms with Crippen LogP contribution in [0.15, 0.2) is 71.1 Å². The lowest BCUT2D eigenvalue weighted by atomic mass is 9.71. The van der Waals surface area contributed by atoms with Gasteiger partial charge in [0, 0.05) is 35.2 Å². The maximum atomic E-state index is 13.7. The number of esters is 1. The van der Waals surface area contributed by atoms with E-state index in [1.807, 2.05) is 37.3 Å². The fourth-order valence-electron chi connectivity index (χ4n) is 5.79. The van der Waals surface area contributed by atoms with Gasteiger partial charge in [-0.15, -0.1) is 0 Å². The summed E-state index contributed by atoms with van der Waals surface area (Å²) in [5.74, 6) is -0.154. The van der Waals surface area contributed by atoms with Crippen molar-refractivity contribution in [1.29, 1.82) is 0 Å². The van der Waals surface area contributed by atoms with Crippen LogP contribution in [0.3, 0.4) is 0 Å². The van der Waals surface area contributed by atoms with Crippen LogP contribution in [0.1, 0.15) is 68.4 Å². The van der Waals surface area contributed by atoms with Crippen LogP contribution < -0.4 is 10.1 Å². The summed E-state index contributed by atoms with van der Waals surface area (Å²) in [4.78, 5) is 27.2. The summed E-state index contributed by atoms with van der Waals surface area (Å²) in [7, 11) is 1.64. The zero-order chi connectivity index (χ0) is 24.5. The number of para-hydroxylation sites is 1. The molecule has 2 aromatic carbocycles. The number of carbonyl (C=O) groups excluding carboxylic acids is 2. The minimum Gasteiger partial charge on any atom is -0.508 e. The summed E-state index contributed by atoms with van der Waals surface area (Å²) in [5.41, 5.74) is 4.25.